The fraction of sp³-hybridized carbons (Fsp3) is 1.00. The van der Waals surface area contributed by atoms with E-state index in [9.17, 15) is 0 Å². The molecule has 0 spiro atoms. The van der Waals surface area contributed by atoms with Gasteiger partial charge in [0.05, 0.1) is 0 Å². The van der Waals surface area contributed by atoms with Crippen molar-refractivity contribution in [3.8, 4) is 0 Å². The van der Waals surface area contributed by atoms with E-state index in [1.54, 1.807) is 14.2 Å². The van der Waals surface area contributed by atoms with Crippen LogP contribution < -0.4 is 11.5 Å². The van der Waals surface area contributed by atoms with E-state index in [2.05, 4.69) is 0 Å². The Morgan fingerprint density at radius 3 is 1.70 bits per heavy atom. The maximum Gasteiger partial charge on any atom is 0.500 e. The Kier molecular flexibility index (Phi) is 12.6. The van der Waals surface area contributed by atoms with Crippen LogP contribution in [0.15, 0.2) is 0 Å². The molecule has 0 heterocycles. The third kappa shape index (κ3) is 7.28. The molecule has 0 amide bonds. The first kappa shape index (κ1) is 23.2. The van der Waals surface area contributed by atoms with Gasteiger partial charge >= 0.3 is 17.4 Å². The summed E-state index contributed by atoms with van der Waals surface area (Å²) in [6, 6.07) is 1.44. The molecule has 0 aromatic carbocycles. The van der Waals surface area contributed by atoms with Gasteiger partial charge in [-0.25, -0.2) is 0 Å². The average molecular weight is 369 g/mol. The van der Waals surface area contributed by atoms with Gasteiger partial charge in [0.25, 0.3) is 0 Å². The summed E-state index contributed by atoms with van der Waals surface area (Å²) in [6.45, 7) is 8.13. The Labute approximate surface area is 143 Å². The molecule has 1 unspecified atom stereocenters. The molecule has 0 saturated carbocycles. The highest BCUT2D eigenvalue weighted by Gasteiger charge is 2.46. The lowest BCUT2D eigenvalue weighted by molar-refractivity contribution is 0.0704. The zero-order chi connectivity index (χ0) is 17.8. The molecular formula is C14H36N2O5Si2. The molecular weight excluding hydrogens is 332 g/mol. The molecule has 0 radical (unpaired) electrons. The Morgan fingerprint density at radius 1 is 0.870 bits per heavy atom. The van der Waals surface area contributed by atoms with E-state index in [1.807, 2.05) is 20.8 Å². The Bertz CT molecular complexity index is 279. The minimum absolute atomic E-state index is 0.183. The maximum absolute atomic E-state index is 6.44. The summed E-state index contributed by atoms with van der Waals surface area (Å²) in [5, 5.41) is 0. The van der Waals surface area contributed by atoms with Crippen molar-refractivity contribution in [3.63, 3.8) is 0 Å². The Balaban J connectivity index is 4.95. The predicted octanol–water partition coefficient (Wildman–Crippen LogP) is 1.38. The van der Waals surface area contributed by atoms with Crippen LogP contribution in [0, 0.1) is 0 Å². The van der Waals surface area contributed by atoms with Crippen LogP contribution in [0.2, 0.25) is 12.1 Å². The third-order valence-electron chi connectivity index (χ3n) is 3.84. The van der Waals surface area contributed by atoms with Crippen molar-refractivity contribution >= 4 is 17.4 Å². The highest BCUT2D eigenvalue weighted by Crippen LogP contribution is 2.25. The minimum Gasteiger partial charge on any atom is -0.397 e. The first-order chi connectivity index (χ1) is 11.0. The fourth-order valence-corrected chi connectivity index (χ4v) is 8.47. The first-order valence-corrected chi connectivity index (χ1v) is 12.5. The van der Waals surface area contributed by atoms with Crippen molar-refractivity contribution in [2.24, 2.45) is 11.5 Å². The zero-order valence-electron chi connectivity index (χ0n) is 15.4. The van der Waals surface area contributed by atoms with Crippen LogP contribution in [0.3, 0.4) is 0 Å². The first-order valence-electron chi connectivity index (χ1n) is 8.47. The van der Waals surface area contributed by atoms with Gasteiger partial charge in [0.1, 0.15) is 0 Å². The Hall–Kier alpha value is 0.154. The largest absolute Gasteiger partial charge is 0.500 e. The molecule has 0 aromatic rings. The number of hydrogen-bond donors (Lipinski definition) is 2. The van der Waals surface area contributed by atoms with Crippen LogP contribution in [0.1, 0.15) is 33.6 Å². The fourth-order valence-electron chi connectivity index (χ4n) is 2.68. The van der Waals surface area contributed by atoms with E-state index < -0.39 is 17.4 Å². The van der Waals surface area contributed by atoms with Crippen LogP contribution in [-0.2, 0) is 22.1 Å². The van der Waals surface area contributed by atoms with Gasteiger partial charge < -0.3 is 33.6 Å². The number of rotatable bonds is 15. The van der Waals surface area contributed by atoms with Gasteiger partial charge in [-0.15, -0.1) is 0 Å². The monoisotopic (exact) mass is 368 g/mol. The lowest BCUT2D eigenvalue weighted by Crippen LogP contribution is -2.58. The van der Waals surface area contributed by atoms with E-state index in [4.69, 9.17) is 33.6 Å². The summed E-state index contributed by atoms with van der Waals surface area (Å²) in [6.07, 6.45) is 1.53. The molecule has 4 N–H and O–H groups in total. The zero-order valence-corrected chi connectivity index (χ0v) is 17.4. The molecule has 0 aliphatic heterocycles. The van der Waals surface area contributed by atoms with Gasteiger partial charge in [-0.3, -0.25) is 0 Å². The van der Waals surface area contributed by atoms with E-state index in [1.165, 1.54) is 0 Å². The van der Waals surface area contributed by atoms with Crippen LogP contribution in [0.25, 0.3) is 0 Å². The third-order valence-corrected chi connectivity index (χ3v) is 10.8. The molecule has 0 aromatic heterocycles. The minimum atomic E-state index is -2.69. The molecule has 0 aliphatic carbocycles. The van der Waals surface area contributed by atoms with Crippen molar-refractivity contribution in [1.82, 2.24) is 0 Å². The van der Waals surface area contributed by atoms with Crippen LogP contribution in [0.5, 0.6) is 0 Å². The van der Waals surface area contributed by atoms with Crippen molar-refractivity contribution in [1.29, 1.82) is 0 Å². The summed E-state index contributed by atoms with van der Waals surface area (Å²) < 4.78 is 29.1. The molecule has 140 valence electrons. The number of hydrogen-bond acceptors (Lipinski definition) is 7. The molecule has 0 aliphatic rings. The normalized spacial score (nSPS) is 14.2. The van der Waals surface area contributed by atoms with Crippen molar-refractivity contribution in [2.45, 2.75) is 51.4 Å². The maximum atomic E-state index is 6.44. The van der Waals surface area contributed by atoms with Gasteiger partial charge in [-0.05, 0) is 46.2 Å². The molecule has 0 bridgehead atoms. The highest BCUT2D eigenvalue weighted by atomic mass is 28.4. The standard InChI is InChI=1S/C14H36N2O5Si2/c1-6-19-23(20-7-2,21-8-3)13-10-14(16)22(17-4,18-5)12-9-11-15/h14H,6-13,15-16H2,1-5H3. The summed E-state index contributed by atoms with van der Waals surface area (Å²) in [7, 11) is -1.83. The van der Waals surface area contributed by atoms with Crippen LogP contribution in [-0.4, -0.2) is 63.6 Å². The lowest BCUT2D eigenvalue weighted by atomic mass is 10.5. The predicted molar refractivity (Wildman–Crippen MR) is 96.3 cm³/mol. The molecule has 0 rings (SSSR count). The Morgan fingerprint density at radius 2 is 1.35 bits per heavy atom. The van der Waals surface area contributed by atoms with Gasteiger partial charge in [-0.1, -0.05) is 0 Å². The lowest BCUT2D eigenvalue weighted by Gasteiger charge is -2.35. The molecule has 1 atom stereocenters. The van der Waals surface area contributed by atoms with Gasteiger partial charge in [0.15, 0.2) is 0 Å². The topological polar surface area (TPSA) is 98.2 Å². The second kappa shape index (κ2) is 12.5. The molecule has 9 heteroatoms. The molecule has 7 nitrogen and oxygen atoms in total. The van der Waals surface area contributed by atoms with Crippen LogP contribution >= 0.6 is 0 Å². The van der Waals surface area contributed by atoms with E-state index in [-0.39, 0.29) is 5.67 Å². The summed E-state index contributed by atoms with van der Waals surface area (Å²) in [5.41, 5.74) is 11.9. The second-order valence-corrected chi connectivity index (χ2v) is 11.7. The second-order valence-electron chi connectivity index (χ2n) is 5.24. The van der Waals surface area contributed by atoms with Gasteiger partial charge in [0.2, 0.25) is 0 Å². The SMILES string of the molecule is CCO[Si](CCC(N)[Si](CCCN)(OC)OC)(OCC)OCC. The van der Waals surface area contributed by atoms with Gasteiger partial charge in [0, 0.05) is 45.7 Å². The number of nitrogens with two attached hydrogens (primary N) is 2. The van der Waals surface area contributed by atoms with Crippen molar-refractivity contribution < 1.29 is 22.1 Å². The average Bonchev–Trinajstić information content (AvgIpc) is 2.55. The summed E-state index contributed by atoms with van der Waals surface area (Å²) >= 11 is 0. The van der Waals surface area contributed by atoms with E-state index in [0.717, 1.165) is 12.5 Å². The van der Waals surface area contributed by atoms with E-state index in [0.29, 0.717) is 38.8 Å². The molecule has 0 saturated heterocycles. The van der Waals surface area contributed by atoms with Crippen molar-refractivity contribution in [3.05, 3.63) is 0 Å². The molecule has 0 fully saturated rings. The van der Waals surface area contributed by atoms with Crippen LogP contribution in [0.4, 0.5) is 0 Å². The van der Waals surface area contributed by atoms with Gasteiger partial charge in [-0.2, -0.15) is 0 Å². The smallest absolute Gasteiger partial charge is 0.397 e. The summed E-state index contributed by atoms with van der Waals surface area (Å²) in [5.74, 6) is 0. The van der Waals surface area contributed by atoms with E-state index >= 15 is 0 Å². The molecule has 23 heavy (non-hydrogen) atoms. The van der Waals surface area contributed by atoms with Crippen molar-refractivity contribution in [2.75, 3.05) is 40.6 Å². The highest BCUT2D eigenvalue weighted by molar-refractivity contribution is 6.69. The quantitative estimate of drug-likeness (QED) is 0.421. The summed E-state index contributed by atoms with van der Waals surface area (Å²) in [4.78, 5) is 0.